The van der Waals surface area contributed by atoms with Gasteiger partial charge in [0, 0.05) is 44.9 Å². The lowest BCUT2D eigenvalue weighted by Crippen LogP contribution is -2.46. The highest BCUT2D eigenvalue weighted by molar-refractivity contribution is 7.94. The van der Waals surface area contributed by atoms with Crippen LogP contribution in [-0.4, -0.2) is 56.2 Å². The smallest absolute Gasteiger partial charge is 0.250 e. The molecule has 0 radical (unpaired) electrons. The van der Waals surface area contributed by atoms with Gasteiger partial charge in [-0.2, -0.15) is 0 Å². The van der Waals surface area contributed by atoms with Crippen LogP contribution in [-0.2, 0) is 9.73 Å². The first-order valence-corrected chi connectivity index (χ1v) is 11.6. The highest BCUT2D eigenvalue weighted by Gasteiger charge is 2.50. The van der Waals surface area contributed by atoms with Crippen molar-refractivity contribution in [3.8, 4) is 0 Å². The molecular formula is C19H27F2N5OS. The van der Waals surface area contributed by atoms with Crippen LogP contribution in [0, 0.1) is 5.92 Å². The van der Waals surface area contributed by atoms with Crippen LogP contribution >= 0.6 is 0 Å². The molecule has 2 saturated carbocycles. The van der Waals surface area contributed by atoms with E-state index in [1.807, 2.05) is 12.3 Å². The molecule has 2 fully saturated rings. The number of H-pyrrole nitrogens is 1. The number of rotatable bonds is 5. The fraction of sp³-hybridized carbons (Fsp3) is 0.684. The maximum atomic E-state index is 13.2. The summed E-state index contributed by atoms with van der Waals surface area (Å²) in [5, 5.41) is 0.557. The van der Waals surface area contributed by atoms with E-state index in [4.69, 9.17) is 0 Å². The predicted octanol–water partition coefficient (Wildman–Crippen LogP) is 3.85. The van der Waals surface area contributed by atoms with Crippen molar-refractivity contribution in [1.29, 1.82) is 0 Å². The SMILES string of the molecule is CN=S(=O)(CC1CCC(N(C)c2ncnc3[nH]ccc23)CC1)C1CC(F)(F)C1. The average molecular weight is 412 g/mol. The third-order valence-electron chi connectivity index (χ3n) is 6.39. The summed E-state index contributed by atoms with van der Waals surface area (Å²) >= 11 is 0. The largest absolute Gasteiger partial charge is 0.356 e. The van der Waals surface area contributed by atoms with Gasteiger partial charge in [0.05, 0.1) is 20.4 Å². The van der Waals surface area contributed by atoms with Crippen LogP contribution < -0.4 is 4.90 Å². The second-order valence-electron chi connectivity index (χ2n) is 8.15. The molecule has 0 amide bonds. The van der Waals surface area contributed by atoms with E-state index in [0.717, 1.165) is 42.5 Å². The molecule has 0 aromatic carbocycles. The Morgan fingerprint density at radius 2 is 2.00 bits per heavy atom. The van der Waals surface area contributed by atoms with Crippen molar-refractivity contribution >= 4 is 26.6 Å². The maximum absolute atomic E-state index is 13.2. The molecule has 0 spiro atoms. The molecule has 4 rings (SSSR count). The monoisotopic (exact) mass is 411 g/mol. The molecule has 2 aromatic heterocycles. The zero-order valence-corrected chi connectivity index (χ0v) is 17.1. The molecule has 1 atom stereocenters. The summed E-state index contributed by atoms with van der Waals surface area (Å²) in [5.74, 6) is -0.998. The Balaban J connectivity index is 1.38. The van der Waals surface area contributed by atoms with Crippen LogP contribution in [0.25, 0.3) is 11.0 Å². The van der Waals surface area contributed by atoms with E-state index in [2.05, 4.69) is 31.3 Å². The molecule has 6 nitrogen and oxygen atoms in total. The number of hydrogen-bond acceptors (Lipinski definition) is 5. The number of anilines is 1. The Morgan fingerprint density at radius 3 is 2.64 bits per heavy atom. The number of aromatic nitrogens is 3. The molecule has 2 aliphatic carbocycles. The number of alkyl halides is 2. The summed E-state index contributed by atoms with van der Waals surface area (Å²) in [4.78, 5) is 14.0. The van der Waals surface area contributed by atoms with Crippen molar-refractivity contribution in [2.75, 3.05) is 24.7 Å². The fourth-order valence-electron chi connectivity index (χ4n) is 4.58. The number of hydrogen-bond donors (Lipinski definition) is 1. The zero-order chi connectivity index (χ0) is 19.9. The molecule has 1 unspecified atom stereocenters. The Morgan fingerprint density at radius 1 is 1.29 bits per heavy atom. The molecule has 9 heteroatoms. The minimum Gasteiger partial charge on any atom is -0.356 e. The Hall–Kier alpha value is -1.77. The van der Waals surface area contributed by atoms with Gasteiger partial charge in [-0.15, -0.1) is 0 Å². The van der Waals surface area contributed by atoms with Gasteiger partial charge in [0.2, 0.25) is 0 Å². The van der Waals surface area contributed by atoms with E-state index >= 15 is 0 Å². The van der Waals surface area contributed by atoms with Gasteiger partial charge in [-0.25, -0.2) is 27.3 Å². The quantitative estimate of drug-likeness (QED) is 0.811. The highest BCUT2D eigenvalue weighted by Crippen LogP contribution is 2.43. The van der Waals surface area contributed by atoms with Gasteiger partial charge in [-0.3, -0.25) is 0 Å². The molecule has 2 heterocycles. The van der Waals surface area contributed by atoms with Crippen molar-refractivity contribution in [3.05, 3.63) is 18.6 Å². The Kier molecular flexibility index (Phi) is 5.05. The van der Waals surface area contributed by atoms with Crippen LogP contribution in [0.4, 0.5) is 14.6 Å². The third kappa shape index (κ3) is 3.60. The molecule has 2 aliphatic rings. The van der Waals surface area contributed by atoms with Crippen molar-refractivity contribution in [3.63, 3.8) is 0 Å². The van der Waals surface area contributed by atoms with E-state index < -0.39 is 20.9 Å². The van der Waals surface area contributed by atoms with Gasteiger partial charge < -0.3 is 9.88 Å². The second kappa shape index (κ2) is 7.24. The van der Waals surface area contributed by atoms with E-state index in [1.54, 1.807) is 6.33 Å². The first kappa shape index (κ1) is 19.5. The molecular weight excluding hydrogens is 384 g/mol. The summed E-state index contributed by atoms with van der Waals surface area (Å²) in [6.45, 7) is 0. The first-order chi connectivity index (χ1) is 13.3. The second-order valence-corrected chi connectivity index (χ2v) is 10.9. The number of halogens is 2. The van der Waals surface area contributed by atoms with Crippen molar-refractivity contribution in [2.24, 2.45) is 10.3 Å². The molecule has 154 valence electrons. The summed E-state index contributed by atoms with van der Waals surface area (Å²) in [6, 6.07) is 2.34. The van der Waals surface area contributed by atoms with Gasteiger partial charge in [0.15, 0.2) is 0 Å². The van der Waals surface area contributed by atoms with Gasteiger partial charge in [-0.05, 0) is 37.7 Å². The van der Waals surface area contributed by atoms with E-state index in [9.17, 15) is 13.0 Å². The Labute approximate surface area is 164 Å². The summed E-state index contributed by atoms with van der Waals surface area (Å²) < 4.78 is 43.7. The predicted molar refractivity (Wildman–Crippen MR) is 107 cm³/mol. The first-order valence-electron chi connectivity index (χ1n) is 9.82. The van der Waals surface area contributed by atoms with Crippen molar-refractivity contribution in [2.45, 2.75) is 55.7 Å². The van der Waals surface area contributed by atoms with E-state index in [-0.39, 0.29) is 18.8 Å². The average Bonchev–Trinajstić information content (AvgIpc) is 3.15. The van der Waals surface area contributed by atoms with Crippen LogP contribution in [0.15, 0.2) is 23.0 Å². The number of nitrogens with one attached hydrogen (secondary N) is 1. The summed E-state index contributed by atoms with van der Waals surface area (Å²) in [5.41, 5.74) is 0.826. The topological polar surface area (TPSA) is 74.2 Å². The number of fused-ring (bicyclic) bond motifs is 1. The molecule has 0 bridgehead atoms. The summed E-state index contributed by atoms with van der Waals surface area (Å²) in [7, 11) is 1.04. The summed E-state index contributed by atoms with van der Waals surface area (Å²) in [6.07, 6.45) is 6.69. The van der Waals surface area contributed by atoms with Gasteiger partial charge >= 0.3 is 0 Å². The van der Waals surface area contributed by atoms with Crippen molar-refractivity contribution in [1.82, 2.24) is 15.0 Å². The van der Waals surface area contributed by atoms with Crippen LogP contribution in [0.2, 0.25) is 0 Å². The van der Waals surface area contributed by atoms with Gasteiger partial charge in [-0.1, -0.05) is 0 Å². The molecule has 2 aromatic rings. The van der Waals surface area contributed by atoms with Gasteiger partial charge in [0.25, 0.3) is 5.92 Å². The number of aromatic amines is 1. The fourth-order valence-corrected chi connectivity index (χ4v) is 7.31. The van der Waals surface area contributed by atoms with E-state index in [0.29, 0.717) is 11.8 Å². The standard InChI is InChI=1S/C19H27F2N5OS/c1-22-28(27,15-9-19(20,21)10-15)11-13-3-5-14(6-4-13)26(2)18-16-7-8-23-17(16)24-12-25-18/h7-8,12-15H,3-6,9-11H2,1-2H3,(H,23,24,25). The minimum absolute atomic E-state index is 0.276. The Bertz CT molecular complexity index is 952. The highest BCUT2D eigenvalue weighted by atomic mass is 32.2. The van der Waals surface area contributed by atoms with Crippen LogP contribution in [0.1, 0.15) is 38.5 Å². The van der Waals surface area contributed by atoms with Crippen LogP contribution in [0.3, 0.4) is 0 Å². The normalized spacial score (nSPS) is 27.1. The minimum atomic E-state index is -2.65. The molecule has 1 N–H and O–H groups in total. The van der Waals surface area contributed by atoms with Crippen molar-refractivity contribution < 1.29 is 13.0 Å². The van der Waals surface area contributed by atoms with Crippen LogP contribution in [0.5, 0.6) is 0 Å². The lowest BCUT2D eigenvalue weighted by atomic mass is 9.86. The lowest BCUT2D eigenvalue weighted by molar-refractivity contribution is -0.0680. The zero-order valence-electron chi connectivity index (χ0n) is 16.3. The molecule has 0 aliphatic heterocycles. The van der Waals surface area contributed by atoms with Gasteiger partial charge in [0.1, 0.15) is 17.8 Å². The molecule has 0 saturated heterocycles. The molecule has 28 heavy (non-hydrogen) atoms. The maximum Gasteiger partial charge on any atom is 0.250 e. The lowest BCUT2D eigenvalue weighted by Gasteiger charge is -2.39. The van der Waals surface area contributed by atoms with E-state index in [1.165, 1.54) is 7.05 Å². The number of nitrogens with zero attached hydrogens (tertiary/aromatic N) is 4. The third-order valence-corrected chi connectivity index (χ3v) is 9.33.